The van der Waals surface area contributed by atoms with E-state index in [0.717, 1.165) is 6.92 Å². The van der Waals surface area contributed by atoms with Gasteiger partial charge in [0, 0.05) is 6.92 Å². The van der Waals surface area contributed by atoms with E-state index >= 15 is 0 Å². The van der Waals surface area contributed by atoms with E-state index in [1.165, 1.54) is 0 Å². The standard InChI is InChI=1S/C2H4O2.BrH.FH/c1-2(3)4;;/h1H3,(H,3,4);2*1H. The molecule has 6 heavy (non-hydrogen) atoms. The lowest BCUT2D eigenvalue weighted by molar-refractivity contribution is -0.134. The summed E-state index contributed by atoms with van der Waals surface area (Å²) in [4.78, 5) is 9.00. The van der Waals surface area contributed by atoms with Gasteiger partial charge in [-0.2, -0.15) is 0 Å². The first-order valence-electron chi connectivity index (χ1n) is 0.928. The number of halogens is 2. The second-order valence-corrected chi connectivity index (χ2v) is 0.519. The van der Waals surface area contributed by atoms with E-state index in [-0.39, 0.29) is 21.7 Å². The summed E-state index contributed by atoms with van der Waals surface area (Å²) in [6, 6.07) is 0. The maximum absolute atomic E-state index is 9.00. The molecule has 0 spiro atoms. The first-order valence-corrected chi connectivity index (χ1v) is 0.928. The first-order chi connectivity index (χ1) is 1.73. The molecule has 0 saturated carbocycles. The predicted molar refractivity (Wildman–Crippen MR) is 26.1 cm³/mol. The van der Waals surface area contributed by atoms with Crippen molar-refractivity contribution in [3.05, 3.63) is 0 Å². The molecule has 4 heteroatoms. The molecular weight excluding hydrogens is 155 g/mol. The smallest absolute Gasteiger partial charge is 0.300 e. The lowest BCUT2D eigenvalue weighted by Gasteiger charge is -1.59. The average Bonchev–Trinajstić information content (AvgIpc) is 0.811. The topological polar surface area (TPSA) is 37.3 Å². The Morgan fingerprint density at radius 2 is 1.67 bits per heavy atom. The molecule has 0 aromatic carbocycles. The van der Waals surface area contributed by atoms with E-state index < -0.39 is 5.97 Å². The van der Waals surface area contributed by atoms with Gasteiger partial charge in [0.05, 0.1) is 0 Å². The molecule has 0 rings (SSSR count). The monoisotopic (exact) mass is 160 g/mol. The molecule has 40 valence electrons. The van der Waals surface area contributed by atoms with Gasteiger partial charge >= 0.3 is 0 Å². The number of rotatable bonds is 0. The van der Waals surface area contributed by atoms with E-state index in [1.807, 2.05) is 0 Å². The zero-order valence-corrected chi connectivity index (χ0v) is 4.89. The number of hydrogen-bond donors (Lipinski definition) is 1. The summed E-state index contributed by atoms with van der Waals surface area (Å²) >= 11 is 0. The van der Waals surface area contributed by atoms with E-state index in [4.69, 9.17) is 9.90 Å². The molecule has 0 heterocycles. The third kappa shape index (κ3) is 2230. The van der Waals surface area contributed by atoms with Crippen LogP contribution in [0, 0.1) is 0 Å². The summed E-state index contributed by atoms with van der Waals surface area (Å²) in [7, 11) is 0. The first kappa shape index (κ1) is 16.9. The molecule has 1 N–H and O–H groups in total. The Morgan fingerprint density at radius 1 is 1.67 bits per heavy atom. The molecule has 0 bridgehead atoms. The molecule has 0 radical (unpaired) electrons. The SMILES string of the molecule is Br.CC(=O)O.F. The molecule has 0 amide bonds. The van der Waals surface area contributed by atoms with Gasteiger partial charge in [-0.1, -0.05) is 0 Å². The molecular formula is C2H6BrFO2. The highest BCUT2D eigenvalue weighted by Crippen LogP contribution is 1.42. The molecule has 0 aromatic rings. The molecule has 0 aliphatic carbocycles. The zero-order valence-electron chi connectivity index (χ0n) is 3.17. The molecule has 0 unspecified atom stereocenters. The van der Waals surface area contributed by atoms with Crippen molar-refractivity contribution in [3.63, 3.8) is 0 Å². The van der Waals surface area contributed by atoms with Gasteiger partial charge in [0.15, 0.2) is 0 Å². The molecule has 0 aliphatic heterocycles. The Bertz CT molecular complexity index is 34.5. The van der Waals surface area contributed by atoms with Gasteiger partial charge in [-0.25, -0.2) is 0 Å². The van der Waals surface area contributed by atoms with Crippen LogP contribution in [0.3, 0.4) is 0 Å². The third-order valence-corrected chi connectivity index (χ3v) is 0. The van der Waals surface area contributed by atoms with Crippen LogP contribution in [0.4, 0.5) is 4.70 Å². The Kier molecular flexibility index (Phi) is 24.9. The van der Waals surface area contributed by atoms with Crippen LogP contribution in [-0.2, 0) is 4.79 Å². The van der Waals surface area contributed by atoms with Gasteiger partial charge in [-0.15, -0.1) is 17.0 Å². The highest BCUT2D eigenvalue weighted by atomic mass is 79.9. The fraction of sp³-hybridized carbons (Fsp3) is 0.500. The minimum absolute atomic E-state index is 0. The summed E-state index contributed by atoms with van der Waals surface area (Å²) in [6.45, 7) is 1.08. The molecule has 0 saturated heterocycles. The summed E-state index contributed by atoms with van der Waals surface area (Å²) in [5.74, 6) is -0.833. The Balaban J connectivity index is -0.0000000450. The van der Waals surface area contributed by atoms with Gasteiger partial charge < -0.3 is 5.11 Å². The summed E-state index contributed by atoms with van der Waals surface area (Å²) < 4.78 is 0. The van der Waals surface area contributed by atoms with Crippen LogP contribution >= 0.6 is 17.0 Å². The van der Waals surface area contributed by atoms with E-state index in [0.29, 0.717) is 0 Å². The second kappa shape index (κ2) is 8.86. The quantitative estimate of drug-likeness (QED) is 0.570. The fourth-order valence-electron chi connectivity index (χ4n) is 0. The Morgan fingerprint density at radius 3 is 1.67 bits per heavy atom. The number of hydrogen-bond acceptors (Lipinski definition) is 1. The maximum atomic E-state index is 9.00. The zero-order chi connectivity index (χ0) is 3.58. The third-order valence-electron chi connectivity index (χ3n) is 0. The van der Waals surface area contributed by atoms with Gasteiger partial charge in [-0.05, 0) is 0 Å². The number of carboxylic acids is 1. The van der Waals surface area contributed by atoms with Gasteiger partial charge in [0.2, 0.25) is 0 Å². The number of carbonyl (C=O) groups is 1. The molecule has 0 atom stereocenters. The van der Waals surface area contributed by atoms with Crippen LogP contribution in [-0.4, -0.2) is 11.1 Å². The second-order valence-electron chi connectivity index (χ2n) is 0.519. The minimum Gasteiger partial charge on any atom is -0.481 e. The van der Waals surface area contributed by atoms with E-state index in [1.54, 1.807) is 0 Å². The van der Waals surface area contributed by atoms with Crippen LogP contribution in [0.2, 0.25) is 0 Å². The summed E-state index contributed by atoms with van der Waals surface area (Å²) in [5, 5.41) is 7.42. The normalized spacial score (nSPS) is 4.17. The minimum atomic E-state index is -0.833. The lowest BCUT2D eigenvalue weighted by atomic mass is 10.9. The number of aliphatic carboxylic acids is 1. The van der Waals surface area contributed by atoms with Crippen molar-refractivity contribution in [1.29, 1.82) is 0 Å². The summed E-state index contributed by atoms with van der Waals surface area (Å²) in [6.07, 6.45) is 0. The van der Waals surface area contributed by atoms with Gasteiger partial charge in [-0.3, -0.25) is 9.50 Å². The predicted octanol–water partition coefficient (Wildman–Crippen LogP) is 0.821. The average molecular weight is 161 g/mol. The lowest BCUT2D eigenvalue weighted by Crippen LogP contribution is -1.78. The van der Waals surface area contributed by atoms with Gasteiger partial charge in [0.1, 0.15) is 0 Å². The van der Waals surface area contributed by atoms with Crippen molar-refractivity contribution in [2.45, 2.75) is 6.92 Å². The molecule has 0 aliphatic rings. The van der Waals surface area contributed by atoms with E-state index in [2.05, 4.69) is 0 Å². The molecule has 0 fully saturated rings. The molecule has 2 nitrogen and oxygen atoms in total. The van der Waals surface area contributed by atoms with Crippen LogP contribution in [0.1, 0.15) is 6.92 Å². The van der Waals surface area contributed by atoms with Crippen LogP contribution in [0.5, 0.6) is 0 Å². The summed E-state index contributed by atoms with van der Waals surface area (Å²) in [5.41, 5.74) is 0. The van der Waals surface area contributed by atoms with Crippen molar-refractivity contribution < 1.29 is 14.6 Å². The van der Waals surface area contributed by atoms with E-state index in [9.17, 15) is 0 Å². The van der Waals surface area contributed by atoms with Crippen molar-refractivity contribution in [2.24, 2.45) is 0 Å². The number of carboxylic acid groups (broad SMARTS) is 1. The van der Waals surface area contributed by atoms with Crippen LogP contribution in [0.15, 0.2) is 0 Å². The highest BCUT2D eigenvalue weighted by Gasteiger charge is 1.65. The molecule has 0 aromatic heterocycles. The maximum Gasteiger partial charge on any atom is 0.300 e. The van der Waals surface area contributed by atoms with Crippen molar-refractivity contribution in [1.82, 2.24) is 0 Å². The van der Waals surface area contributed by atoms with Crippen molar-refractivity contribution in [3.8, 4) is 0 Å². The van der Waals surface area contributed by atoms with Crippen molar-refractivity contribution >= 4 is 23.0 Å². The van der Waals surface area contributed by atoms with Crippen LogP contribution in [0.25, 0.3) is 0 Å². The Labute approximate surface area is 45.3 Å². The highest BCUT2D eigenvalue weighted by molar-refractivity contribution is 8.93. The van der Waals surface area contributed by atoms with Crippen LogP contribution < -0.4 is 0 Å². The fourth-order valence-corrected chi connectivity index (χ4v) is 0. The van der Waals surface area contributed by atoms with Gasteiger partial charge in [0.25, 0.3) is 5.97 Å². The van der Waals surface area contributed by atoms with Crippen molar-refractivity contribution in [2.75, 3.05) is 0 Å². The Hall–Kier alpha value is -0.120. The largest absolute Gasteiger partial charge is 0.481 e.